The van der Waals surface area contributed by atoms with E-state index in [9.17, 15) is 9.18 Å². The second-order valence-corrected chi connectivity index (χ2v) is 7.01. The van der Waals surface area contributed by atoms with E-state index in [2.05, 4.69) is 15.3 Å². The van der Waals surface area contributed by atoms with E-state index in [1.807, 2.05) is 30.3 Å². The topological polar surface area (TPSA) is 77.2 Å². The van der Waals surface area contributed by atoms with Crippen LogP contribution in [-0.4, -0.2) is 29.0 Å². The molecule has 0 aliphatic carbocycles. The van der Waals surface area contributed by atoms with Crippen LogP contribution in [0.25, 0.3) is 22.2 Å². The monoisotopic (exact) mass is 419 g/mol. The molecule has 0 saturated heterocycles. The van der Waals surface area contributed by atoms with E-state index in [-0.39, 0.29) is 18.1 Å². The van der Waals surface area contributed by atoms with Crippen molar-refractivity contribution in [2.24, 2.45) is 0 Å². The van der Waals surface area contributed by atoms with Crippen molar-refractivity contribution in [2.75, 3.05) is 13.2 Å². The Bertz CT molecular complexity index is 1150. The van der Waals surface area contributed by atoms with Gasteiger partial charge < -0.3 is 14.5 Å². The molecular formula is C24H22FN3O3. The molecule has 2 aromatic heterocycles. The van der Waals surface area contributed by atoms with Crippen molar-refractivity contribution in [3.63, 3.8) is 0 Å². The van der Waals surface area contributed by atoms with Gasteiger partial charge in [0.1, 0.15) is 17.1 Å². The van der Waals surface area contributed by atoms with Crippen molar-refractivity contribution < 1.29 is 18.3 Å². The minimum atomic E-state index is -0.306. The predicted molar refractivity (Wildman–Crippen MR) is 115 cm³/mol. The van der Waals surface area contributed by atoms with Crippen LogP contribution in [0.15, 0.2) is 71.4 Å². The van der Waals surface area contributed by atoms with Crippen LogP contribution in [-0.2, 0) is 11.2 Å². The standard InChI is InChI=1S/C24H22FN3O3/c25-19-9-7-17(8-10-19)21-16-28-23(31-21)12-11-22(29)26-14-3-15-30-20-6-1-4-18-5-2-13-27-24(18)20/h1-2,4-10,13,16H,3,11-12,14-15H2,(H,26,29). The van der Waals surface area contributed by atoms with Gasteiger partial charge in [0.2, 0.25) is 5.91 Å². The smallest absolute Gasteiger partial charge is 0.220 e. The lowest BCUT2D eigenvalue weighted by Gasteiger charge is -2.09. The van der Waals surface area contributed by atoms with Gasteiger partial charge in [-0.25, -0.2) is 9.37 Å². The third kappa shape index (κ3) is 5.45. The molecule has 6 nitrogen and oxygen atoms in total. The highest BCUT2D eigenvalue weighted by molar-refractivity contribution is 5.84. The van der Waals surface area contributed by atoms with Crippen LogP contribution in [0.4, 0.5) is 4.39 Å². The lowest BCUT2D eigenvalue weighted by Crippen LogP contribution is -2.25. The van der Waals surface area contributed by atoms with E-state index in [1.54, 1.807) is 24.5 Å². The molecule has 2 aromatic carbocycles. The number of aromatic nitrogens is 2. The summed E-state index contributed by atoms with van der Waals surface area (Å²) in [4.78, 5) is 20.6. The molecule has 0 radical (unpaired) electrons. The van der Waals surface area contributed by atoms with E-state index >= 15 is 0 Å². The van der Waals surface area contributed by atoms with Crippen molar-refractivity contribution in [1.29, 1.82) is 0 Å². The highest BCUT2D eigenvalue weighted by atomic mass is 19.1. The van der Waals surface area contributed by atoms with E-state index in [0.29, 0.717) is 37.6 Å². The van der Waals surface area contributed by atoms with Gasteiger partial charge in [-0.2, -0.15) is 0 Å². The van der Waals surface area contributed by atoms with Crippen molar-refractivity contribution in [3.8, 4) is 17.1 Å². The van der Waals surface area contributed by atoms with Gasteiger partial charge in [0.05, 0.1) is 12.8 Å². The molecule has 0 spiro atoms. The summed E-state index contributed by atoms with van der Waals surface area (Å²) in [5.74, 6) is 1.38. The Balaban J connectivity index is 1.17. The summed E-state index contributed by atoms with van der Waals surface area (Å²) >= 11 is 0. The number of hydrogen-bond donors (Lipinski definition) is 1. The first-order valence-corrected chi connectivity index (χ1v) is 10.1. The summed E-state index contributed by atoms with van der Waals surface area (Å²) in [5.41, 5.74) is 1.57. The third-order valence-corrected chi connectivity index (χ3v) is 4.74. The van der Waals surface area contributed by atoms with Gasteiger partial charge in [-0.3, -0.25) is 9.78 Å². The zero-order chi connectivity index (χ0) is 21.5. The number of ether oxygens (including phenoxy) is 1. The van der Waals surface area contributed by atoms with Crippen LogP contribution < -0.4 is 10.1 Å². The Hall–Kier alpha value is -3.74. The zero-order valence-electron chi connectivity index (χ0n) is 16.9. The Labute approximate surface area is 179 Å². The second-order valence-electron chi connectivity index (χ2n) is 7.01. The fraction of sp³-hybridized carbons (Fsp3) is 0.208. The molecule has 0 bridgehead atoms. The van der Waals surface area contributed by atoms with Gasteiger partial charge in [-0.15, -0.1) is 0 Å². The number of carbonyl (C=O) groups is 1. The fourth-order valence-electron chi connectivity index (χ4n) is 3.16. The number of benzene rings is 2. The molecule has 31 heavy (non-hydrogen) atoms. The number of pyridine rings is 1. The lowest BCUT2D eigenvalue weighted by molar-refractivity contribution is -0.121. The predicted octanol–water partition coefficient (Wildman–Crippen LogP) is 4.55. The molecule has 0 atom stereocenters. The molecule has 0 unspecified atom stereocenters. The second kappa shape index (κ2) is 9.84. The summed E-state index contributed by atoms with van der Waals surface area (Å²) in [7, 11) is 0. The summed E-state index contributed by atoms with van der Waals surface area (Å²) in [6, 6.07) is 15.7. The van der Waals surface area contributed by atoms with Gasteiger partial charge in [-0.05, 0) is 42.8 Å². The first-order chi connectivity index (χ1) is 15.2. The molecule has 7 heteroatoms. The molecule has 1 N–H and O–H groups in total. The molecule has 158 valence electrons. The number of fused-ring (bicyclic) bond motifs is 1. The van der Waals surface area contributed by atoms with Crippen LogP contribution in [0.1, 0.15) is 18.7 Å². The summed E-state index contributed by atoms with van der Waals surface area (Å²) in [6.45, 7) is 1.00. The summed E-state index contributed by atoms with van der Waals surface area (Å²) in [5, 5.41) is 3.91. The Morgan fingerprint density at radius 1 is 1.06 bits per heavy atom. The van der Waals surface area contributed by atoms with E-state index in [0.717, 1.165) is 22.2 Å². The summed E-state index contributed by atoms with van der Waals surface area (Å²) in [6.07, 6.45) is 4.68. The largest absolute Gasteiger partial charge is 0.491 e. The van der Waals surface area contributed by atoms with Gasteiger partial charge in [0, 0.05) is 36.5 Å². The number of carbonyl (C=O) groups excluding carboxylic acids is 1. The maximum atomic E-state index is 13.0. The maximum Gasteiger partial charge on any atom is 0.220 e. The van der Waals surface area contributed by atoms with Crippen LogP contribution in [0, 0.1) is 5.82 Å². The highest BCUT2D eigenvalue weighted by Crippen LogP contribution is 2.23. The van der Waals surface area contributed by atoms with Crippen LogP contribution in [0.3, 0.4) is 0 Å². The lowest BCUT2D eigenvalue weighted by atomic mass is 10.2. The number of rotatable bonds is 9. The first-order valence-electron chi connectivity index (χ1n) is 10.1. The number of nitrogens with one attached hydrogen (secondary N) is 1. The maximum absolute atomic E-state index is 13.0. The molecule has 1 amide bonds. The average Bonchev–Trinajstić information content (AvgIpc) is 3.27. The van der Waals surface area contributed by atoms with Crippen LogP contribution in [0.2, 0.25) is 0 Å². The molecule has 0 fully saturated rings. The average molecular weight is 419 g/mol. The normalized spacial score (nSPS) is 10.9. The van der Waals surface area contributed by atoms with E-state index in [4.69, 9.17) is 9.15 Å². The molecule has 0 aliphatic rings. The Morgan fingerprint density at radius 2 is 1.90 bits per heavy atom. The van der Waals surface area contributed by atoms with Crippen molar-refractivity contribution in [1.82, 2.24) is 15.3 Å². The number of para-hydroxylation sites is 1. The fourth-order valence-corrected chi connectivity index (χ4v) is 3.16. The van der Waals surface area contributed by atoms with Crippen molar-refractivity contribution in [3.05, 3.63) is 78.7 Å². The van der Waals surface area contributed by atoms with Crippen LogP contribution in [0.5, 0.6) is 5.75 Å². The van der Waals surface area contributed by atoms with Gasteiger partial charge in [-0.1, -0.05) is 18.2 Å². The molecule has 2 heterocycles. The molecule has 4 rings (SSSR count). The molecule has 4 aromatic rings. The Kier molecular flexibility index (Phi) is 6.52. The van der Waals surface area contributed by atoms with Crippen molar-refractivity contribution in [2.45, 2.75) is 19.3 Å². The number of aryl methyl sites for hydroxylation is 1. The zero-order valence-corrected chi connectivity index (χ0v) is 16.9. The SMILES string of the molecule is O=C(CCc1ncc(-c2ccc(F)cc2)o1)NCCCOc1cccc2cccnc12. The minimum Gasteiger partial charge on any atom is -0.491 e. The van der Waals surface area contributed by atoms with Gasteiger partial charge >= 0.3 is 0 Å². The van der Waals surface area contributed by atoms with Gasteiger partial charge in [0.15, 0.2) is 11.7 Å². The minimum absolute atomic E-state index is 0.0756. The number of halogens is 1. The van der Waals surface area contributed by atoms with Crippen LogP contribution >= 0.6 is 0 Å². The first kappa shape index (κ1) is 20.5. The van der Waals surface area contributed by atoms with E-state index < -0.39 is 0 Å². The number of amides is 1. The molecular weight excluding hydrogens is 397 g/mol. The summed E-state index contributed by atoms with van der Waals surface area (Å²) < 4.78 is 24.5. The third-order valence-electron chi connectivity index (χ3n) is 4.74. The van der Waals surface area contributed by atoms with E-state index in [1.165, 1.54) is 12.1 Å². The number of oxazole rings is 1. The van der Waals surface area contributed by atoms with Crippen molar-refractivity contribution >= 4 is 16.8 Å². The Morgan fingerprint density at radius 3 is 2.77 bits per heavy atom. The number of nitrogens with zero attached hydrogens (tertiary/aromatic N) is 2. The number of hydrogen-bond acceptors (Lipinski definition) is 5. The van der Waals surface area contributed by atoms with Gasteiger partial charge in [0.25, 0.3) is 0 Å². The highest BCUT2D eigenvalue weighted by Gasteiger charge is 2.09. The molecule has 0 saturated carbocycles. The molecule has 0 aliphatic heterocycles. The quantitative estimate of drug-likeness (QED) is 0.403.